The van der Waals surface area contributed by atoms with Crippen LogP contribution in [0.2, 0.25) is 0 Å². The van der Waals surface area contributed by atoms with E-state index in [2.05, 4.69) is 41.2 Å². The van der Waals surface area contributed by atoms with Crippen molar-refractivity contribution < 1.29 is 4.74 Å². The largest absolute Gasteiger partial charge is 0.435 e. The fourth-order valence-electron chi connectivity index (χ4n) is 3.20. The number of benzene rings is 2. The average Bonchev–Trinajstić information content (AvgIpc) is 2.79. The fourth-order valence-corrected chi connectivity index (χ4v) is 3.65. The summed E-state index contributed by atoms with van der Waals surface area (Å²) < 4.78 is 6.96. The summed E-state index contributed by atoms with van der Waals surface area (Å²) >= 11 is 3.54. The van der Waals surface area contributed by atoms with Crippen LogP contribution in [0.4, 0.5) is 17.2 Å². The molecule has 7 nitrogen and oxygen atoms in total. The lowest BCUT2D eigenvalue weighted by molar-refractivity contribution is 0.469. The highest BCUT2D eigenvalue weighted by Crippen LogP contribution is 2.36. The molecule has 3 N–H and O–H groups in total. The van der Waals surface area contributed by atoms with Crippen molar-refractivity contribution in [2.75, 3.05) is 11.1 Å². The highest BCUT2D eigenvalue weighted by molar-refractivity contribution is 9.10. The molecule has 0 saturated heterocycles. The van der Waals surface area contributed by atoms with E-state index in [0.717, 1.165) is 26.4 Å². The van der Waals surface area contributed by atoms with Crippen LogP contribution < -0.4 is 15.8 Å². The Balaban J connectivity index is 1.52. The zero-order chi connectivity index (χ0) is 20.5. The van der Waals surface area contributed by atoms with E-state index >= 15 is 0 Å². The van der Waals surface area contributed by atoms with Gasteiger partial charge in [0.2, 0.25) is 5.88 Å². The molecule has 0 spiro atoms. The Hall–Kier alpha value is -3.78. The van der Waals surface area contributed by atoms with Crippen LogP contribution in [0.25, 0.3) is 21.8 Å². The molecule has 0 saturated carbocycles. The van der Waals surface area contributed by atoms with Crippen LogP contribution in [0.15, 0.2) is 77.8 Å². The summed E-state index contributed by atoms with van der Waals surface area (Å²) in [4.78, 5) is 17.3. The first-order valence-corrected chi connectivity index (χ1v) is 9.92. The van der Waals surface area contributed by atoms with Gasteiger partial charge in [0.1, 0.15) is 17.5 Å². The molecule has 0 aliphatic carbocycles. The van der Waals surface area contributed by atoms with Crippen molar-refractivity contribution in [1.82, 2.24) is 19.9 Å². The molecule has 3 heterocycles. The Kier molecular flexibility index (Phi) is 4.61. The first-order valence-electron chi connectivity index (χ1n) is 9.13. The number of nitrogens with two attached hydrogens (primary N) is 1. The topological polar surface area (TPSA) is 98.8 Å². The van der Waals surface area contributed by atoms with Gasteiger partial charge in [-0.25, -0.2) is 4.98 Å². The third-order valence-corrected chi connectivity index (χ3v) is 5.32. The molecule has 0 fully saturated rings. The Morgan fingerprint density at radius 3 is 2.57 bits per heavy atom. The molecule has 0 unspecified atom stereocenters. The number of fused-ring (bicyclic) bond motifs is 2. The maximum atomic E-state index is 6.34. The van der Waals surface area contributed by atoms with Gasteiger partial charge in [0.15, 0.2) is 11.6 Å². The molecule has 0 radical (unpaired) electrons. The van der Waals surface area contributed by atoms with E-state index in [9.17, 15) is 0 Å². The molecule has 0 bridgehead atoms. The van der Waals surface area contributed by atoms with Gasteiger partial charge in [0.05, 0.1) is 5.52 Å². The third kappa shape index (κ3) is 3.27. The molecule has 0 aliphatic heterocycles. The van der Waals surface area contributed by atoms with Crippen LogP contribution in [-0.4, -0.2) is 19.9 Å². The molecule has 0 aliphatic rings. The van der Waals surface area contributed by atoms with E-state index in [1.54, 1.807) is 12.4 Å². The predicted molar refractivity (Wildman–Crippen MR) is 121 cm³/mol. The molecule has 0 atom stereocenters. The minimum Gasteiger partial charge on any atom is -0.435 e. The summed E-state index contributed by atoms with van der Waals surface area (Å²) in [5.74, 6) is 1.25. The minimum atomic E-state index is 0.250. The second-order valence-corrected chi connectivity index (χ2v) is 7.34. The summed E-state index contributed by atoms with van der Waals surface area (Å²) in [5.41, 5.74) is 9.06. The predicted octanol–water partition coefficient (Wildman–Crippen LogP) is 5.45. The molecule has 0 amide bonds. The number of hydrogen-bond donors (Lipinski definition) is 2. The van der Waals surface area contributed by atoms with Gasteiger partial charge in [-0.1, -0.05) is 28.1 Å². The van der Waals surface area contributed by atoms with E-state index in [0.29, 0.717) is 22.8 Å². The lowest BCUT2D eigenvalue weighted by Gasteiger charge is -2.14. The van der Waals surface area contributed by atoms with E-state index in [1.807, 2.05) is 54.6 Å². The molecular weight excluding hydrogens is 444 g/mol. The van der Waals surface area contributed by atoms with Gasteiger partial charge in [-0.15, -0.1) is 0 Å². The summed E-state index contributed by atoms with van der Waals surface area (Å²) in [7, 11) is 0. The van der Waals surface area contributed by atoms with Crippen molar-refractivity contribution in [2.45, 2.75) is 0 Å². The maximum Gasteiger partial charge on any atom is 0.248 e. The number of rotatable bonds is 4. The maximum absolute atomic E-state index is 6.34. The van der Waals surface area contributed by atoms with Crippen molar-refractivity contribution in [1.29, 1.82) is 0 Å². The van der Waals surface area contributed by atoms with E-state index in [4.69, 9.17) is 10.5 Å². The number of pyridine rings is 2. The summed E-state index contributed by atoms with van der Waals surface area (Å²) in [6.07, 6.45) is 4.88. The van der Waals surface area contributed by atoms with Crippen LogP contribution in [0.1, 0.15) is 0 Å². The smallest absolute Gasteiger partial charge is 0.248 e. The highest BCUT2D eigenvalue weighted by atomic mass is 79.9. The van der Waals surface area contributed by atoms with Crippen LogP contribution in [-0.2, 0) is 0 Å². The Bertz CT molecular complexity index is 1390. The Morgan fingerprint density at radius 1 is 0.833 bits per heavy atom. The fraction of sp³-hybridized carbons (Fsp3) is 0. The summed E-state index contributed by atoms with van der Waals surface area (Å²) in [6.45, 7) is 0. The molecular formula is C22H15BrN6O. The molecule has 5 aromatic rings. The molecule has 2 aromatic carbocycles. The molecule has 3 aromatic heterocycles. The van der Waals surface area contributed by atoms with Gasteiger partial charge < -0.3 is 15.8 Å². The molecule has 8 heteroatoms. The normalized spacial score (nSPS) is 11.0. The monoisotopic (exact) mass is 458 g/mol. The van der Waals surface area contributed by atoms with Crippen LogP contribution in [0.5, 0.6) is 11.6 Å². The lowest BCUT2D eigenvalue weighted by atomic mass is 10.2. The zero-order valence-electron chi connectivity index (χ0n) is 15.6. The van der Waals surface area contributed by atoms with Gasteiger partial charge in [-0.2, -0.15) is 4.98 Å². The van der Waals surface area contributed by atoms with Crippen molar-refractivity contribution in [3.63, 3.8) is 0 Å². The van der Waals surface area contributed by atoms with Crippen molar-refractivity contribution in [2.24, 2.45) is 0 Å². The van der Waals surface area contributed by atoms with Crippen molar-refractivity contribution in [3.8, 4) is 11.6 Å². The number of aromatic nitrogens is 4. The minimum absolute atomic E-state index is 0.250. The number of halogens is 1. The lowest BCUT2D eigenvalue weighted by Crippen LogP contribution is -2.03. The second kappa shape index (κ2) is 7.57. The number of nitrogen functional groups attached to an aromatic ring is 1. The molecule has 146 valence electrons. The third-order valence-electron chi connectivity index (χ3n) is 4.63. The van der Waals surface area contributed by atoms with E-state index in [1.165, 1.54) is 6.33 Å². The number of nitrogens with one attached hydrogen (secondary N) is 1. The van der Waals surface area contributed by atoms with Gasteiger partial charge in [-0.05, 0) is 42.5 Å². The average molecular weight is 459 g/mol. The number of ether oxygens (including phenoxy) is 1. The summed E-state index contributed by atoms with van der Waals surface area (Å²) in [5, 5.41) is 5.16. The second-order valence-electron chi connectivity index (χ2n) is 6.49. The van der Waals surface area contributed by atoms with Crippen LogP contribution in [0, 0.1) is 0 Å². The van der Waals surface area contributed by atoms with Crippen LogP contribution in [0.3, 0.4) is 0 Å². The van der Waals surface area contributed by atoms with Crippen molar-refractivity contribution in [3.05, 3.63) is 77.8 Å². The SMILES string of the molecule is Nc1c(Nc2cccc3ncccc23)ncnc1Oc1ccc(Br)c2cccnc12. The Labute approximate surface area is 180 Å². The number of nitrogens with zero attached hydrogens (tertiary/aromatic N) is 4. The van der Waals surface area contributed by atoms with E-state index in [-0.39, 0.29) is 5.88 Å². The standard InChI is InChI=1S/C22H15BrN6O/c23-15-8-9-18(20-13(15)4-2-11-26-20)30-22-19(24)21(27-12-28-22)29-17-7-1-6-16-14(17)5-3-10-25-16/h1-12H,24H2,(H,27,28,29). The van der Waals surface area contributed by atoms with Crippen LogP contribution >= 0.6 is 15.9 Å². The first kappa shape index (κ1) is 18.3. The highest BCUT2D eigenvalue weighted by Gasteiger charge is 2.14. The quantitative estimate of drug-likeness (QED) is 0.369. The number of anilines is 3. The van der Waals surface area contributed by atoms with Gasteiger partial charge in [-0.3, -0.25) is 9.97 Å². The van der Waals surface area contributed by atoms with E-state index < -0.39 is 0 Å². The number of hydrogen-bond acceptors (Lipinski definition) is 7. The summed E-state index contributed by atoms with van der Waals surface area (Å²) in [6, 6.07) is 17.2. The zero-order valence-corrected chi connectivity index (χ0v) is 17.2. The van der Waals surface area contributed by atoms with Crippen molar-refractivity contribution >= 4 is 54.9 Å². The Morgan fingerprint density at radius 2 is 1.67 bits per heavy atom. The molecule has 30 heavy (non-hydrogen) atoms. The van der Waals surface area contributed by atoms with Gasteiger partial charge in [0.25, 0.3) is 0 Å². The van der Waals surface area contributed by atoms with Gasteiger partial charge in [0, 0.05) is 33.3 Å². The molecule has 5 rings (SSSR count). The van der Waals surface area contributed by atoms with Gasteiger partial charge >= 0.3 is 0 Å². The first-order chi connectivity index (χ1) is 14.7.